The molecule has 59 heavy (non-hydrogen) atoms. The topological polar surface area (TPSA) is 17.4 Å². The second-order valence-electron chi connectivity index (χ2n) is 15.8. The SMILES string of the molecule is CC1(C)c2ccccc2-c2cc3c4cc(-c5ccc(N(c6ccccc6)c6ccc(-c7ccccc7)s6)cc5)ccc4n(-c4ccc(Oc5ccccc5)cc4)c3cc21. The molecule has 0 radical (unpaired) electrons. The first kappa shape index (κ1) is 35.1. The average molecular weight is 777 g/mol. The van der Waals surface area contributed by atoms with E-state index >= 15 is 0 Å². The predicted molar refractivity (Wildman–Crippen MR) is 248 cm³/mol. The van der Waals surface area contributed by atoms with Gasteiger partial charge in [0.05, 0.1) is 11.0 Å². The molecule has 10 aromatic rings. The maximum atomic E-state index is 6.19. The van der Waals surface area contributed by atoms with Crippen molar-refractivity contribution >= 4 is 49.5 Å². The van der Waals surface area contributed by atoms with Gasteiger partial charge in [-0.25, -0.2) is 0 Å². The number of thiophene rings is 1. The summed E-state index contributed by atoms with van der Waals surface area (Å²) in [7, 11) is 0. The molecule has 2 heterocycles. The van der Waals surface area contributed by atoms with Crippen molar-refractivity contribution < 1.29 is 4.74 Å². The van der Waals surface area contributed by atoms with Crippen LogP contribution in [0.15, 0.2) is 206 Å². The van der Waals surface area contributed by atoms with Gasteiger partial charge in [0.1, 0.15) is 16.5 Å². The largest absolute Gasteiger partial charge is 0.457 e. The molecule has 4 heteroatoms. The highest BCUT2D eigenvalue weighted by Gasteiger charge is 2.36. The number of hydrogen-bond donors (Lipinski definition) is 0. The third-order valence-electron chi connectivity index (χ3n) is 11.9. The van der Waals surface area contributed by atoms with Crippen LogP contribution in [0, 0.1) is 0 Å². The lowest BCUT2D eigenvalue weighted by atomic mass is 9.82. The summed E-state index contributed by atoms with van der Waals surface area (Å²) in [6.45, 7) is 4.71. The van der Waals surface area contributed by atoms with E-state index in [9.17, 15) is 0 Å². The molecule has 11 rings (SSSR count). The quantitative estimate of drug-likeness (QED) is 0.153. The molecule has 282 valence electrons. The molecule has 0 unspecified atom stereocenters. The molecule has 3 nitrogen and oxygen atoms in total. The third-order valence-corrected chi connectivity index (χ3v) is 13.0. The zero-order valence-corrected chi connectivity index (χ0v) is 33.7. The molecule has 1 aliphatic rings. The summed E-state index contributed by atoms with van der Waals surface area (Å²) in [6, 6.07) is 74.0. The van der Waals surface area contributed by atoms with E-state index in [-0.39, 0.29) is 5.41 Å². The number of nitrogens with zero attached hydrogens (tertiary/aromatic N) is 2. The van der Waals surface area contributed by atoms with E-state index in [1.165, 1.54) is 70.6 Å². The van der Waals surface area contributed by atoms with Gasteiger partial charge in [-0.05, 0) is 136 Å². The van der Waals surface area contributed by atoms with Crippen molar-refractivity contribution in [3.8, 4) is 49.9 Å². The lowest BCUT2D eigenvalue weighted by molar-refractivity contribution is 0.482. The van der Waals surface area contributed by atoms with Crippen molar-refractivity contribution in [3.05, 3.63) is 217 Å². The number of hydrogen-bond acceptors (Lipinski definition) is 3. The molecule has 0 spiro atoms. The smallest absolute Gasteiger partial charge is 0.127 e. The van der Waals surface area contributed by atoms with E-state index < -0.39 is 0 Å². The van der Waals surface area contributed by atoms with Crippen LogP contribution in [0.25, 0.3) is 60.2 Å². The van der Waals surface area contributed by atoms with Crippen LogP contribution < -0.4 is 9.64 Å². The van der Waals surface area contributed by atoms with Crippen molar-refractivity contribution in [2.24, 2.45) is 0 Å². The highest BCUT2D eigenvalue weighted by atomic mass is 32.1. The van der Waals surface area contributed by atoms with Crippen LogP contribution in [0.4, 0.5) is 16.4 Å². The van der Waals surface area contributed by atoms with Crippen molar-refractivity contribution in [1.29, 1.82) is 0 Å². The highest BCUT2D eigenvalue weighted by Crippen LogP contribution is 2.51. The van der Waals surface area contributed by atoms with Gasteiger partial charge in [0.15, 0.2) is 0 Å². The zero-order valence-electron chi connectivity index (χ0n) is 32.8. The fourth-order valence-corrected chi connectivity index (χ4v) is 10.0. The van der Waals surface area contributed by atoms with Gasteiger partial charge >= 0.3 is 0 Å². The third kappa shape index (κ3) is 6.03. The van der Waals surface area contributed by atoms with Crippen LogP contribution in [0.1, 0.15) is 25.0 Å². The molecular weight excluding hydrogens is 737 g/mol. The Morgan fingerprint density at radius 3 is 1.85 bits per heavy atom. The Morgan fingerprint density at radius 1 is 0.458 bits per heavy atom. The summed E-state index contributed by atoms with van der Waals surface area (Å²) < 4.78 is 8.62. The molecular formula is C55H40N2OS. The second-order valence-corrected chi connectivity index (χ2v) is 16.8. The zero-order chi connectivity index (χ0) is 39.5. The fraction of sp³-hybridized carbons (Fsp3) is 0.0545. The summed E-state index contributed by atoms with van der Waals surface area (Å²) >= 11 is 1.81. The lowest BCUT2D eigenvalue weighted by Crippen LogP contribution is -2.14. The van der Waals surface area contributed by atoms with Crippen LogP contribution in [-0.4, -0.2) is 4.57 Å². The lowest BCUT2D eigenvalue weighted by Gasteiger charge is -2.23. The minimum atomic E-state index is -0.110. The van der Waals surface area contributed by atoms with E-state index in [2.05, 4.69) is 199 Å². The van der Waals surface area contributed by atoms with E-state index in [0.29, 0.717) is 0 Å². The molecule has 0 bridgehead atoms. The number of para-hydroxylation sites is 2. The van der Waals surface area contributed by atoms with Gasteiger partial charge in [0, 0.05) is 38.1 Å². The van der Waals surface area contributed by atoms with E-state index in [1.807, 2.05) is 41.7 Å². The summed E-state index contributed by atoms with van der Waals surface area (Å²) in [4.78, 5) is 3.60. The first-order valence-corrected chi connectivity index (χ1v) is 21.0. The van der Waals surface area contributed by atoms with Gasteiger partial charge in [0.2, 0.25) is 0 Å². The van der Waals surface area contributed by atoms with Crippen molar-refractivity contribution in [3.63, 3.8) is 0 Å². The molecule has 0 fully saturated rings. The first-order valence-electron chi connectivity index (χ1n) is 20.2. The standard InChI is InChI=1S/C55H40N2OS/c1-55(2)49-21-13-12-20-45(49)46-35-48-47-34-39(24-31-51(47)57(52(48)36-50(46)55)42-27-29-44(30-28-42)58-43-18-10-5-11-19-43)37-22-25-41(26-23-37)56(40-16-8-4-9-17-40)54-33-32-53(59-54)38-14-6-3-7-15-38/h3-36H,1-2H3. The Morgan fingerprint density at radius 2 is 1.08 bits per heavy atom. The molecule has 0 N–H and O–H groups in total. The number of ether oxygens (including phenoxy) is 1. The maximum absolute atomic E-state index is 6.19. The molecule has 1 aliphatic carbocycles. The Labute approximate surface area is 348 Å². The highest BCUT2D eigenvalue weighted by molar-refractivity contribution is 7.19. The second kappa shape index (κ2) is 14.1. The number of anilines is 3. The van der Waals surface area contributed by atoms with Crippen LogP contribution in [0.2, 0.25) is 0 Å². The van der Waals surface area contributed by atoms with Crippen LogP contribution in [0.3, 0.4) is 0 Å². The van der Waals surface area contributed by atoms with Gasteiger partial charge in [-0.2, -0.15) is 0 Å². The maximum Gasteiger partial charge on any atom is 0.127 e. The minimum absolute atomic E-state index is 0.110. The molecule has 0 saturated carbocycles. The van der Waals surface area contributed by atoms with E-state index in [1.54, 1.807) is 0 Å². The fourth-order valence-electron chi connectivity index (χ4n) is 8.95. The average Bonchev–Trinajstić information content (AvgIpc) is 3.96. The predicted octanol–water partition coefficient (Wildman–Crippen LogP) is 15.7. The summed E-state index contributed by atoms with van der Waals surface area (Å²) in [6.07, 6.45) is 0. The van der Waals surface area contributed by atoms with Crippen molar-refractivity contribution in [2.75, 3.05) is 4.90 Å². The van der Waals surface area contributed by atoms with Gasteiger partial charge in [-0.3, -0.25) is 0 Å². The molecule has 0 amide bonds. The van der Waals surface area contributed by atoms with Crippen LogP contribution in [0.5, 0.6) is 11.5 Å². The Bertz CT molecular complexity index is 3130. The summed E-state index contributed by atoms with van der Waals surface area (Å²) in [5.41, 5.74) is 14.6. The van der Waals surface area contributed by atoms with Crippen LogP contribution >= 0.6 is 11.3 Å². The van der Waals surface area contributed by atoms with Gasteiger partial charge in [0.25, 0.3) is 0 Å². The molecule has 0 aliphatic heterocycles. The number of fused-ring (bicyclic) bond motifs is 6. The van der Waals surface area contributed by atoms with Crippen molar-refractivity contribution in [1.82, 2.24) is 4.57 Å². The summed E-state index contributed by atoms with van der Waals surface area (Å²) in [5.74, 6) is 1.64. The van der Waals surface area contributed by atoms with Crippen LogP contribution in [-0.2, 0) is 5.41 Å². The minimum Gasteiger partial charge on any atom is -0.457 e. The Kier molecular flexibility index (Phi) is 8.35. The Balaban J connectivity index is 1.02. The monoisotopic (exact) mass is 776 g/mol. The number of benzene rings is 8. The first-order chi connectivity index (χ1) is 29.0. The Hall–Kier alpha value is -7.14. The molecule has 8 aromatic carbocycles. The van der Waals surface area contributed by atoms with Gasteiger partial charge in [-0.15, -0.1) is 11.3 Å². The molecule has 0 atom stereocenters. The summed E-state index contributed by atoms with van der Waals surface area (Å²) in [5, 5.41) is 3.65. The number of aromatic nitrogens is 1. The van der Waals surface area contributed by atoms with Gasteiger partial charge < -0.3 is 14.2 Å². The van der Waals surface area contributed by atoms with E-state index in [0.717, 1.165) is 28.6 Å². The van der Waals surface area contributed by atoms with Gasteiger partial charge in [-0.1, -0.05) is 123 Å². The van der Waals surface area contributed by atoms with Crippen molar-refractivity contribution in [2.45, 2.75) is 19.3 Å². The molecule has 2 aromatic heterocycles. The molecule has 0 saturated heterocycles. The number of rotatable bonds is 8. The van der Waals surface area contributed by atoms with E-state index in [4.69, 9.17) is 4.74 Å². The normalized spacial score (nSPS) is 12.7.